The molecule has 0 spiro atoms. The summed E-state index contributed by atoms with van der Waals surface area (Å²) in [5, 5.41) is 12.4. The second-order valence-electron chi connectivity index (χ2n) is 5.72. The molecule has 1 aromatic heterocycles. The summed E-state index contributed by atoms with van der Waals surface area (Å²) in [6, 6.07) is 9.74. The van der Waals surface area contributed by atoms with Gasteiger partial charge in [-0.05, 0) is 38.2 Å². The number of rotatable bonds is 10. The summed E-state index contributed by atoms with van der Waals surface area (Å²) < 4.78 is 11.0. The maximum absolute atomic E-state index is 9.26. The molecule has 0 aliphatic rings. The van der Waals surface area contributed by atoms with Crippen molar-refractivity contribution in [1.29, 1.82) is 5.26 Å². The molecule has 0 atom stereocenters. The van der Waals surface area contributed by atoms with Crippen molar-refractivity contribution in [3.05, 3.63) is 41.4 Å². The van der Waals surface area contributed by atoms with E-state index in [0.29, 0.717) is 11.8 Å². The van der Waals surface area contributed by atoms with Crippen LogP contribution in [0.5, 0.6) is 5.75 Å². The van der Waals surface area contributed by atoms with Gasteiger partial charge < -0.3 is 19.4 Å². The lowest BCUT2D eigenvalue weighted by molar-refractivity contribution is 0.302. The number of nitrogens with zero attached hydrogens (tertiary/aromatic N) is 3. The molecule has 0 aliphatic carbocycles. The summed E-state index contributed by atoms with van der Waals surface area (Å²) in [6.45, 7) is 8.13. The molecule has 2 aromatic rings. The first kappa shape index (κ1) is 19.5. The molecule has 26 heavy (non-hydrogen) atoms. The number of methoxy groups -OCH3 is 1. The van der Waals surface area contributed by atoms with Gasteiger partial charge in [0, 0.05) is 18.2 Å². The van der Waals surface area contributed by atoms with Crippen molar-refractivity contribution in [2.45, 2.75) is 20.3 Å². The fraction of sp³-hybridized carbons (Fsp3) is 0.400. The van der Waals surface area contributed by atoms with Gasteiger partial charge in [0.2, 0.25) is 17.5 Å². The van der Waals surface area contributed by atoms with Crippen LogP contribution in [0.4, 0.5) is 5.88 Å². The third kappa shape index (κ3) is 5.36. The molecule has 1 heterocycles. The topological polar surface area (TPSA) is 74.3 Å². The number of hydrogen-bond donors (Lipinski definition) is 1. The van der Waals surface area contributed by atoms with Crippen LogP contribution in [0.3, 0.4) is 0 Å². The number of ether oxygens (including phenoxy) is 1. The maximum Gasteiger partial charge on any atom is 0.232 e. The number of oxazole rings is 1. The van der Waals surface area contributed by atoms with Crippen LogP contribution in [-0.2, 0) is 0 Å². The molecule has 0 radical (unpaired) electrons. The molecule has 1 N–H and O–H groups in total. The average molecular weight is 354 g/mol. The van der Waals surface area contributed by atoms with Crippen LogP contribution in [0.2, 0.25) is 0 Å². The summed E-state index contributed by atoms with van der Waals surface area (Å²) in [5.41, 5.74) is 1.19. The fourth-order valence-corrected chi connectivity index (χ4v) is 2.61. The third-order valence-corrected chi connectivity index (χ3v) is 4.13. The number of nitriles is 1. The Kier molecular flexibility index (Phi) is 7.72. The SMILES string of the molecule is CCN(CC)CCCNc1oc(C=Cc2ccccc2OC)nc1C#N. The monoisotopic (exact) mass is 354 g/mol. The van der Waals surface area contributed by atoms with Crippen LogP contribution < -0.4 is 10.1 Å². The first-order valence-corrected chi connectivity index (χ1v) is 8.90. The zero-order valence-electron chi connectivity index (χ0n) is 15.7. The largest absolute Gasteiger partial charge is 0.496 e. The van der Waals surface area contributed by atoms with Crippen molar-refractivity contribution in [2.24, 2.45) is 0 Å². The van der Waals surface area contributed by atoms with Crippen molar-refractivity contribution in [1.82, 2.24) is 9.88 Å². The van der Waals surface area contributed by atoms with Crippen molar-refractivity contribution in [3.8, 4) is 11.8 Å². The molecule has 0 amide bonds. The van der Waals surface area contributed by atoms with Crippen molar-refractivity contribution in [3.63, 3.8) is 0 Å². The quantitative estimate of drug-likeness (QED) is 0.653. The smallest absolute Gasteiger partial charge is 0.232 e. The first-order chi connectivity index (χ1) is 12.7. The maximum atomic E-state index is 9.26. The average Bonchev–Trinajstić information content (AvgIpc) is 3.08. The van der Waals surface area contributed by atoms with E-state index >= 15 is 0 Å². The van der Waals surface area contributed by atoms with Crippen molar-refractivity contribution in [2.75, 3.05) is 38.6 Å². The Morgan fingerprint density at radius 3 is 2.73 bits per heavy atom. The van der Waals surface area contributed by atoms with E-state index in [9.17, 15) is 5.26 Å². The van der Waals surface area contributed by atoms with Gasteiger partial charge in [0.15, 0.2) is 0 Å². The second-order valence-corrected chi connectivity index (χ2v) is 5.72. The molecule has 0 unspecified atom stereocenters. The molecule has 0 bridgehead atoms. The summed E-state index contributed by atoms with van der Waals surface area (Å²) in [7, 11) is 1.63. The van der Waals surface area contributed by atoms with Gasteiger partial charge >= 0.3 is 0 Å². The molecular formula is C20H26N4O2. The molecule has 2 rings (SSSR count). The zero-order chi connectivity index (χ0) is 18.8. The summed E-state index contributed by atoms with van der Waals surface area (Å²) in [6.07, 6.45) is 4.56. The minimum absolute atomic E-state index is 0.271. The summed E-state index contributed by atoms with van der Waals surface area (Å²) in [5.74, 6) is 1.58. The standard InChI is InChI=1S/C20H26N4O2/c1-4-24(5-2)14-8-13-22-20-17(15-21)23-19(26-20)12-11-16-9-6-7-10-18(16)25-3/h6-7,9-12,22H,4-5,8,13-14H2,1-3H3. The second kappa shape index (κ2) is 10.3. The number of nitrogens with one attached hydrogen (secondary N) is 1. The number of benzene rings is 1. The number of para-hydroxylation sites is 1. The Morgan fingerprint density at radius 1 is 1.27 bits per heavy atom. The summed E-state index contributed by atoms with van der Waals surface area (Å²) >= 11 is 0. The van der Waals surface area contributed by atoms with Crippen LogP contribution in [0.1, 0.15) is 37.4 Å². The van der Waals surface area contributed by atoms with Gasteiger partial charge in [-0.1, -0.05) is 32.0 Å². The van der Waals surface area contributed by atoms with E-state index in [2.05, 4.69) is 35.1 Å². The minimum Gasteiger partial charge on any atom is -0.496 e. The van der Waals surface area contributed by atoms with Crippen LogP contribution in [0.25, 0.3) is 12.2 Å². The molecule has 0 fully saturated rings. The molecule has 0 saturated heterocycles. The van der Waals surface area contributed by atoms with Crippen LogP contribution in [-0.4, -0.2) is 43.2 Å². The van der Waals surface area contributed by atoms with Gasteiger partial charge in [-0.15, -0.1) is 0 Å². The fourth-order valence-electron chi connectivity index (χ4n) is 2.61. The predicted molar refractivity (Wildman–Crippen MR) is 104 cm³/mol. The highest BCUT2D eigenvalue weighted by Crippen LogP contribution is 2.22. The number of hydrogen-bond acceptors (Lipinski definition) is 6. The van der Waals surface area contributed by atoms with E-state index in [1.54, 1.807) is 13.2 Å². The van der Waals surface area contributed by atoms with E-state index in [0.717, 1.165) is 43.9 Å². The Labute approximate surface area is 155 Å². The van der Waals surface area contributed by atoms with Gasteiger partial charge in [0.1, 0.15) is 11.8 Å². The lowest BCUT2D eigenvalue weighted by Crippen LogP contribution is -2.25. The van der Waals surface area contributed by atoms with E-state index in [-0.39, 0.29) is 5.69 Å². The van der Waals surface area contributed by atoms with Crippen molar-refractivity contribution >= 4 is 18.0 Å². The molecule has 0 aliphatic heterocycles. The highest BCUT2D eigenvalue weighted by molar-refractivity contribution is 5.70. The zero-order valence-corrected chi connectivity index (χ0v) is 15.7. The highest BCUT2D eigenvalue weighted by atomic mass is 16.5. The molecular weight excluding hydrogens is 328 g/mol. The molecule has 6 nitrogen and oxygen atoms in total. The van der Waals surface area contributed by atoms with Crippen LogP contribution >= 0.6 is 0 Å². The van der Waals surface area contributed by atoms with E-state index < -0.39 is 0 Å². The van der Waals surface area contributed by atoms with Gasteiger partial charge in [-0.3, -0.25) is 0 Å². The van der Waals surface area contributed by atoms with Gasteiger partial charge in [0.05, 0.1) is 7.11 Å². The molecule has 6 heteroatoms. The lowest BCUT2D eigenvalue weighted by atomic mass is 10.2. The lowest BCUT2D eigenvalue weighted by Gasteiger charge is -2.17. The summed E-state index contributed by atoms with van der Waals surface area (Å²) in [4.78, 5) is 6.57. The van der Waals surface area contributed by atoms with Gasteiger partial charge in [-0.25, -0.2) is 0 Å². The van der Waals surface area contributed by atoms with Crippen molar-refractivity contribution < 1.29 is 9.15 Å². The number of anilines is 1. The van der Waals surface area contributed by atoms with Gasteiger partial charge in [0.25, 0.3) is 0 Å². The Morgan fingerprint density at radius 2 is 2.04 bits per heavy atom. The highest BCUT2D eigenvalue weighted by Gasteiger charge is 2.11. The van der Waals surface area contributed by atoms with Gasteiger partial charge in [-0.2, -0.15) is 10.2 Å². The third-order valence-electron chi connectivity index (χ3n) is 4.13. The number of aromatic nitrogens is 1. The normalized spacial score (nSPS) is 11.0. The minimum atomic E-state index is 0.271. The Bertz CT molecular complexity index is 757. The first-order valence-electron chi connectivity index (χ1n) is 8.90. The molecule has 138 valence electrons. The van der Waals surface area contributed by atoms with E-state index in [1.165, 1.54) is 0 Å². The van der Waals surface area contributed by atoms with E-state index in [1.807, 2.05) is 30.3 Å². The Hall–Kier alpha value is -2.78. The predicted octanol–water partition coefficient (Wildman–Crippen LogP) is 3.87. The van der Waals surface area contributed by atoms with Crippen LogP contribution in [0.15, 0.2) is 28.7 Å². The Balaban J connectivity index is 1.99. The molecule has 0 saturated carbocycles. The van der Waals surface area contributed by atoms with E-state index in [4.69, 9.17) is 9.15 Å². The van der Waals surface area contributed by atoms with Crippen LogP contribution in [0, 0.1) is 11.3 Å². The molecule has 1 aromatic carbocycles.